The molecule has 0 saturated carbocycles. The van der Waals surface area contributed by atoms with Crippen LogP contribution in [-0.2, 0) is 13.6 Å². The summed E-state index contributed by atoms with van der Waals surface area (Å²) in [6, 6.07) is 5.48. The summed E-state index contributed by atoms with van der Waals surface area (Å²) in [5.41, 5.74) is 1.59. The molecule has 1 aromatic carbocycles. The van der Waals surface area contributed by atoms with Gasteiger partial charge in [-0.05, 0) is 25.0 Å². The second-order valence-corrected chi connectivity index (χ2v) is 7.75. The molecular formula is C21H25N5O4. The second-order valence-electron chi connectivity index (χ2n) is 7.75. The van der Waals surface area contributed by atoms with Gasteiger partial charge in [0.2, 0.25) is 5.78 Å². The van der Waals surface area contributed by atoms with Crippen LogP contribution in [0.4, 0.5) is 0 Å². The molecule has 0 aliphatic heterocycles. The van der Waals surface area contributed by atoms with Gasteiger partial charge in [-0.2, -0.15) is 4.98 Å². The molecular weight excluding hydrogens is 386 g/mol. The minimum absolute atomic E-state index is 0.156. The molecule has 0 amide bonds. The van der Waals surface area contributed by atoms with Gasteiger partial charge >= 0.3 is 5.69 Å². The first-order chi connectivity index (χ1) is 14.3. The Balaban J connectivity index is 2.11. The summed E-state index contributed by atoms with van der Waals surface area (Å²) in [7, 11) is 4.83. The maximum Gasteiger partial charge on any atom is 0.332 e. The van der Waals surface area contributed by atoms with Crippen molar-refractivity contribution < 1.29 is 9.47 Å². The lowest BCUT2D eigenvalue weighted by atomic mass is 10.2. The number of rotatable bonds is 5. The number of hydrogen-bond acceptors (Lipinski definition) is 5. The third kappa shape index (κ3) is 2.80. The molecule has 0 aliphatic rings. The number of hydrogen-bond donors (Lipinski definition) is 0. The summed E-state index contributed by atoms with van der Waals surface area (Å²) in [6.07, 6.45) is 1.84. The molecule has 158 valence electrons. The highest BCUT2D eigenvalue weighted by molar-refractivity contribution is 5.77. The van der Waals surface area contributed by atoms with Gasteiger partial charge in [0.05, 0.1) is 19.9 Å². The highest BCUT2D eigenvalue weighted by atomic mass is 16.5. The third-order valence-electron chi connectivity index (χ3n) is 5.20. The van der Waals surface area contributed by atoms with Gasteiger partial charge in [-0.1, -0.05) is 13.8 Å². The van der Waals surface area contributed by atoms with E-state index in [1.165, 1.54) is 9.13 Å². The van der Waals surface area contributed by atoms with Crippen LogP contribution in [0.15, 0.2) is 34.0 Å². The molecule has 0 bridgehead atoms. The van der Waals surface area contributed by atoms with Gasteiger partial charge < -0.3 is 9.47 Å². The molecule has 30 heavy (non-hydrogen) atoms. The molecule has 0 radical (unpaired) electrons. The van der Waals surface area contributed by atoms with Crippen LogP contribution in [0.2, 0.25) is 0 Å². The Hall–Kier alpha value is -3.49. The van der Waals surface area contributed by atoms with E-state index in [1.807, 2.05) is 49.7 Å². The number of nitrogens with zero attached hydrogens (tertiary/aromatic N) is 5. The van der Waals surface area contributed by atoms with Gasteiger partial charge in [0.1, 0.15) is 11.5 Å². The maximum absolute atomic E-state index is 13.2. The number of aromatic nitrogens is 5. The first-order valence-electron chi connectivity index (χ1n) is 9.70. The molecule has 0 N–H and O–H groups in total. The van der Waals surface area contributed by atoms with Crippen molar-refractivity contribution in [3.8, 4) is 17.2 Å². The Labute approximate surface area is 172 Å². The molecule has 0 unspecified atom stereocenters. The number of ether oxygens (including phenoxy) is 2. The Kier molecular flexibility index (Phi) is 4.68. The summed E-state index contributed by atoms with van der Waals surface area (Å²) in [4.78, 5) is 30.7. The first-order valence-corrected chi connectivity index (χ1v) is 9.70. The minimum atomic E-state index is -0.371. The lowest BCUT2D eigenvalue weighted by Gasteiger charge is -2.12. The van der Waals surface area contributed by atoms with Crippen LogP contribution in [0.1, 0.15) is 19.5 Å². The maximum atomic E-state index is 13.2. The van der Waals surface area contributed by atoms with E-state index < -0.39 is 0 Å². The monoisotopic (exact) mass is 411 g/mol. The molecule has 0 atom stereocenters. The molecule has 4 rings (SSSR count). The third-order valence-corrected chi connectivity index (χ3v) is 5.20. The topological polar surface area (TPSA) is 84.7 Å². The normalized spacial score (nSPS) is 11.7. The molecule has 9 heteroatoms. The van der Waals surface area contributed by atoms with Crippen LogP contribution in [0.3, 0.4) is 0 Å². The number of imidazole rings is 2. The van der Waals surface area contributed by atoms with Crippen LogP contribution >= 0.6 is 0 Å². The van der Waals surface area contributed by atoms with Gasteiger partial charge in [-0.3, -0.25) is 22.9 Å². The van der Waals surface area contributed by atoms with Crippen molar-refractivity contribution in [2.45, 2.75) is 27.3 Å². The van der Waals surface area contributed by atoms with Crippen LogP contribution < -0.4 is 20.7 Å². The molecule has 0 fully saturated rings. The highest BCUT2D eigenvalue weighted by Gasteiger charge is 2.22. The van der Waals surface area contributed by atoms with E-state index in [4.69, 9.17) is 9.47 Å². The second kappa shape index (κ2) is 7.08. The van der Waals surface area contributed by atoms with Crippen LogP contribution in [0.25, 0.3) is 22.6 Å². The van der Waals surface area contributed by atoms with Crippen LogP contribution in [-0.4, -0.2) is 37.3 Å². The van der Waals surface area contributed by atoms with E-state index >= 15 is 0 Å². The predicted octanol–water partition coefficient (Wildman–Crippen LogP) is 2.12. The Morgan fingerprint density at radius 2 is 1.87 bits per heavy atom. The van der Waals surface area contributed by atoms with Crippen molar-refractivity contribution in [2.75, 3.05) is 14.2 Å². The molecule has 9 nitrogen and oxygen atoms in total. The van der Waals surface area contributed by atoms with Gasteiger partial charge in [-0.25, -0.2) is 4.79 Å². The van der Waals surface area contributed by atoms with Gasteiger partial charge in [0.15, 0.2) is 11.2 Å². The SMILES string of the molecule is COc1ccc(OC)c(-n2c(C)cn3c4c(=O)n(CC(C)C)c(=O)n(C)c4nc23)c1. The Morgan fingerprint density at radius 3 is 2.50 bits per heavy atom. The average molecular weight is 411 g/mol. The summed E-state index contributed by atoms with van der Waals surface area (Å²) in [5, 5.41) is 0. The molecule has 4 aromatic rings. The fourth-order valence-corrected chi connectivity index (χ4v) is 3.81. The molecule has 0 saturated heterocycles. The van der Waals surface area contributed by atoms with Crippen LogP contribution in [0, 0.1) is 12.8 Å². The standard InChI is InChI=1S/C21H25N5O4/c1-12(2)10-25-19(27)17-18(23(4)21(25)28)22-20-24(17)11-13(3)26(20)15-9-14(29-5)7-8-16(15)30-6/h7-9,11-12H,10H2,1-6H3. The molecule has 3 aromatic heterocycles. The van der Waals surface area contributed by atoms with Crippen molar-refractivity contribution in [3.63, 3.8) is 0 Å². The zero-order valence-electron chi connectivity index (χ0n) is 18.0. The van der Waals surface area contributed by atoms with E-state index in [0.717, 1.165) is 11.4 Å². The fraction of sp³-hybridized carbons (Fsp3) is 0.381. The van der Waals surface area contributed by atoms with Gasteiger partial charge in [0, 0.05) is 31.5 Å². The number of fused-ring (bicyclic) bond motifs is 3. The smallest absolute Gasteiger partial charge is 0.332 e. The minimum Gasteiger partial charge on any atom is -0.497 e. The van der Waals surface area contributed by atoms with Gasteiger partial charge in [-0.15, -0.1) is 0 Å². The zero-order valence-corrected chi connectivity index (χ0v) is 18.0. The van der Waals surface area contributed by atoms with Gasteiger partial charge in [0.25, 0.3) is 5.56 Å². The van der Waals surface area contributed by atoms with E-state index in [0.29, 0.717) is 35.0 Å². The predicted molar refractivity (Wildman–Crippen MR) is 114 cm³/mol. The Bertz CT molecular complexity index is 1390. The number of benzene rings is 1. The van der Waals surface area contributed by atoms with Crippen molar-refractivity contribution in [1.29, 1.82) is 0 Å². The molecule has 3 heterocycles. The zero-order chi connectivity index (χ0) is 21.7. The van der Waals surface area contributed by atoms with Crippen molar-refractivity contribution >= 4 is 16.9 Å². The highest BCUT2D eigenvalue weighted by Crippen LogP contribution is 2.31. The van der Waals surface area contributed by atoms with Crippen molar-refractivity contribution in [3.05, 3.63) is 50.9 Å². The first kappa shape index (κ1) is 19.8. The summed E-state index contributed by atoms with van der Waals surface area (Å²) in [5.74, 6) is 1.97. The average Bonchev–Trinajstić information content (AvgIpc) is 3.23. The summed E-state index contributed by atoms with van der Waals surface area (Å²) < 4.78 is 17.2. The summed E-state index contributed by atoms with van der Waals surface area (Å²) >= 11 is 0. The largest absolute Gasteiger partial charge is 0.497 e. The number of aryl methyl sites for hydroxylation is 2. The van der Waals surface area contributed by atoms with Crippen molar-refractivity contribution in [2.24, 2.45) is 13.0 Å². The number of methoxy groups -OCH3 is 2. The fourth-order valence-electron chi connectivity index (χ4n) is 3.81. The van der Waals surface area contributed by atoms with E-state index in [-0.39, 0.29) is 17.2 Å². The van der Waals surface area contributed by atoms with E-state index in [1.54, 1.807) is 25.7 Å². The van der Waals surface area contributed by atoms with E-state index in [9.17, 15) is 9.59 Å². The van der Waals surface area contributed by atoms with Crippen LogP contribution in [0.5, 0.6) is 11.5 Å². The molecule has 0 spiro atoms. The lowest BCUT2D eigenvalue weighted by Crippen LogP contribution is -2.40. The Morgan fingerprint density at radius 1 is 1.13 bits per heavy atom. The van der Waals surface area contributed by atoms with E-state index in [2.05, 4.69) is 4.98 Å². The summed E-state index contributed by atoms with van der Waals surface area (Å²) in [6.45, 7) is 6.21. The lowest BCUT2D eigenvalue weighted by molar-refractivity contribution is 0.401. The molecule has 0 aliphatic carbocycles. The van der Waals surface area contributed by atoms with Crippen molar-refractivity contribution in [1.82, 2.24) is 23.1 Å². The quantitative estimate of drug-likeness (QED) is 0.502.